The highest BCUT2D eigenvalue weighted by Gasteiger charge is 2.35. The number of carboxylic acids is 1. The average molecular weight is 311 g/mol. The lowest BCUT2D eigenvalue weighted by atomic mass is 10.0. The molecule has 5 nitrogen and oxygen atoms in total. The van der Waals surface area contributed by atoms with Gasteiger partial charge in [-0.2, -0.15) is 13.2 Å². The molecule has 0 atom stereocenters. The number of carbonyl (C=O) groups is 1. The summed E-state index contributed by atoms with van der Waals surface area (Å²) in [5.74, 6) is -1.51. The fraction of sp³-hybridized carbons (Fsp3) is 0.364. The molecular weight excluding hydrogens is 299 g/mol. The van der Waals surface area contributed by atoms with E-state index < -0.39 is 44.5 Å². The van der Waals surface area contributed by atoms with E-state index in [-0.39, 0.29) is 0 Å². The second-order valence-corrected chi connectivity index (χ2v) is 6.18. The van der Waals surface area contributed by atoms with Crippen LogP contribution in [0.3, 0.4) is 0 Å². The lowest BCUT2D eigenvalue weighted by Gasteiger charge is -2.23. The van der Waals surface area contributed by atoms with Crippen molar-refractivity contribution in [2.75, 3.05) is 17.6 Å². The smallest absolute Gasteiger partial charge is 0.416 e. The van der Waals surface area contributed by atoms with Crippen molar-refractivity contribution >= 4 is 21.7 Å². The van der Waals surface area contributed by atoms with Gasteiger partial charge in [-0.25, -0.2) is 13.2 Å². The van der Waals surface area contributed by atoms with E-state index >= 15 is 0 Å². The molecule has 1 N–H and O–H groups in total. The maximum Gasteiger partial charge on any atom is 0.416 e. The van der Waals surface area contributed by atoms with Gasteiger partial charge in [-0.05, 0) is 24.6 Å². The Bertz CT molecular complexity index is 652. The Balaban J connectivity index is 3.73. The molecule has 0 saturated heterocycles. The van der Waals surface area contributed by atoms with E-state index in [1.54, 1.807) is 0 Å². The van der Waals surface area contributed by atoms with Crippen molar-refractivity contribution in [1.29, 1.82) is 0 Å². The van der Waals surface area contributed by atoms with E-state index in [4.69, 9.17) is 5.11 Å². The third-order valence-electron chi connectivity index (χ3n) is 2.78. The van der Waals surface area contributed by atoms with Crippen LogP contribution in [0.5, 0.6) is 0 Å². The van der Waals surface area contributed by atoms with Crippen LogP contribution in [0.15, 0.2) is 12.1 Å². The number of sulfonamides is 1. The van der Waals surface area contributed by atoms with Gasteiger partial charge < -0.3 is 5.11 Å². The summed E-state index contributed by atoms with van der Waals surface area (Å²) in [7, 11) is -2.89. The largest absolute Gasteiger partial charge is 0.478 e. The second kappa shape index (κ2) is 4.97. The summed E-state index contributed by atoms with van der Waals surface area (Å²) in [6.45, 7) is 1.03. The molecule has 0 saturated carbocycles. The first kappa shape index (κ1) is 16.3. The molecule has 0 amide bonds. The highest BCUT2D eigenvalue weighted by molar-refractivity contribution is 7.92. The third-order valence-corrected chi connectivity index (χ3v) is 3.96. The number of alkyl halides is 3. The summed E-state index contributed by atoms with van der Waals surface area (Å²) in [5.41, 5.74) is -2.53. The van der Waals surface area contributed by atoms with Crippen molar-refractivity contribution in [1.82, 2.24) is 0 Å². The van der Waals surface area contributed by atoms with Gasteiger partial charge in [-0.3, -0.25) is 4.31 Å². The number of aromatic carboxylic acids is 1. The summed E-state index contributed by atoms with van der Waals surface area (Å²) in [4.78, 5) is 11.1. The molecule has 1 aromatic rings. The number of hydrogen-bond acceptors (Lipinski definition) is 3. The summed E-state index contributed by atoms with van der Waals surface area (Å²) >= 11 is 0. The number of rotatable bonds is 3. The molecule has 0 spiro atoms. The van der Waals surface area contributed by atoms with Crippen LogP contribution in [-0.2, 0) is 16.2 Å². The zero-order valence-corrected chi connectivity index (χ0v) is 11.6. The Kier molecular flexibility index (Phi) is 4.04. The zero-order valence-electron chi connectivity index (χ0n) is 10.8. The molecule has 112 valence electrons. The first-order valence-corrected chi connectivity index (χ1v) is 7.10. The Morgan fingerprint density at radius 2 is 1.80 bits per heavy atom. The monoisotopic (exact) mass is 311 g/mol. The number of carboxylic acid groups (broad SMARTS) is 1. The number of anilines is 1. The fourth-order valence-corrected chi connectivity index (χ4v) is 2.32. The van der Waals surface area contributed by atoms with Gasteiger partial charge in [0.2, 0.25) is 10.0 Å². The summed E-state index contributed by atoms with van der Waals surface area (Å²) in [6, 6.07) is 1.37. The first-order chi connectivity index (χ1) is 8.87. The molecular formula is C11H12F3NO4S. The first-order valence-electron chi connectivity index (χ1n) is 5.25. The predicted octanol–water partition coefficient (Wildman–Crippen LogP) is 2.11. The van der Waals surface area contributed by atoms with Gasteiger partial charge in [0.15, 0.2) is 0 Å². The van der Waals surface area contributed by atoms with Gasteiger partial charge >= 0.3 is 12.1 Å². The molecule has 0 bridgehead atoms. The van der Waals surface area contributed by atoms with Crippen LogP contribution in [0, 0.1) is 6.92 Å². The van der Waals surface area contributed by atoms with Crippen molar-refractivity contribution in [3.8, 4) is 0 Å². The van der Waals surface area contributed by atoms with Crippen LogP contribution in [0.4, 0.5) is 18.9 Å². The van der Waals surface area contributed by atoms with Gasteiger partial charge in [-0.15, -0.1) is 0 Å². The van der Waals surface area contributed by atoms with Crippen LogP contribution >= 0.6 is 0 Å². The molecule has 0 radical (unpaired) electrons. The van der Waals surface area contributed by atoms with E-state index in [0.717, 1.165) is 26.3 Å². The third kappa shape index (κ3) is 3.03. The van der Waals surface area contributed by atoms with Gasteiger partial charge in [0.05, 0.1) is 23.1 Å². The van der Waals surface area contributed by atoms with Crippen molar-refractivity contribution in [3.63, 3.8) is 0 Å². The van der Waals surface area contributed by atoms with Crippen LogP contribution in [0.1, 0.15) is 21.5 Å². The summed E-state index contributed by atoms with van der Waals surface area (Å²) in [6.07, 6.45) is -3.92. The van der Waals surface area contributed by atoms with Crippen LogP contribution in [0.25, 0.3) is 0 Å². The van der Waals surface area contributed by atoms with Gasteiger partial charge in [-0.1, -0.05) is 0 Å². The lowest BCUT2D eigenvalue weighted by Crippen LogP contribution is -2.28. The lowest BCUT2D eigenvalue weighted by molar-refractivity contribution is -0.138. The Morgan fingerprint density at radius 1 is 1.30 bits per heavy atom. The molecule has 0 aliphatic heterocycles. The average Bonchev–Trinajstić information content (AvgIpc) is 2.24. The zero-order chi connectivity index (χ0) is 15.9. The Hall–Kier alpha value is -1.77. The molecule has 1 rings (SSSR count). The van der Waals surface area contributed by atoms with Crippen molar-refractivity contribution in [2.45, 2.75) is 13.1 Å². The Morgan fingerprint density at radius 3 is 2.15 bits per heavy atom. The fourth-order valence-electron chi connectivity index (χ4n) is 1.75. The molecule has 0 aliphatic rings. The molecule has 0 unspecified atom stereocenters. The topological polar surface area (TPSA) is 74.7 Å². The summed E-state index contributed by atoms with van der Waals surface area (Å²) in [5, 5.41) is 9.00. The SMILES string of the molecule is Cc1c(C(F)(F)F)ccc(C(=O)O)c1N(C)S(C)(=O)=O. The molecule has 9 heteroatoms. The van der Waals surface area contributed by atoms with E-state index in [1.165, 1.54) is 0 Å². The molecule has 0 aromatic heterocycles. The normalized spacial score (nSPS) is 12.3. The number of nitrogens with zero attached hydrogens (tertiary/aromatic N) is 1. The molecule has 0 aliphatic carbocycles. The minimum atomic E-state index is -4.70. The van der Waals surface area contributed by atoms with Crippen LogP contribution < -0.4 is 4.31 Å². The van der Waals surface area contributed by atoms with E-state index in [0.29, 0.717) is 10.4 Å². The minimum absolute atomic E-state index is 0.453. The number of benzene rings is 1. The highest BCUT2D eigenvalue weighted by atomic mass is 32.2. The number of halogens is 3. The molecule has 20 heavy (non-hydrogen) atoms. The summed E-state index contributed by atoms with van der Waals surface area (Å²) < 4.78 is 61.9. The molecule has 1 aromatic carbocycles. The van der Waals surface area contributed by atoms with E-state index in [9.17, 15) is 26.4 Å². The van der Waals surface area contributed by atoms with E-state index in [2.05, 4.69) is 0 Å². The maximum absolute atomic E-state index is 12.8. The molecule has 0 fully saturated rings. The van der Waals surface area contributed by atoms with Crippen molar-refractivity contribution in [2.24, 2.45) is 0 Å². The quantitative estimate of drug-likeness (QED) is 0.927. The van der Waals surface area contributed by atoms with Gasteiger partial charge in [0, 0.05) is 7.05 Å². The van der Waals surface area contributed by atoms with Crippen LogP contribution in [0.2, 0.25) is 0 Å². The Labute approximate surface area is 113 Å². The van der Waals surface area contributed by atoms with Crippen LogP contribution in [-0.4, -0.2) is 32.8 Å². The highest BCUT2D eigenvalue weighted by Crippen LogP contribution is 2.38. The van der Waals surface area contributed by atoms with E-state index in [1.807, 2.05) is 0 Å². The second-order valence-electron chi connectivity index (χ2n) is 4.17. The predicted molar refractivity (Wildman–Crippen MR) is 66.4 cm³/mol. The maximum atomic E-state index is 12.8. The standard InChI is InChI=1S/C11H12F3NO4S/c1-6-8(11(12,13)14)5-4-7(10(16)17)9(6)15(2)20(3,18)19/h4-5H,1-3H3,(H,16,17). The van der Waals surface area contributed by atoms with Crippen molar-refractivity contribution in [3.05, 3.63) is 28.8 Å². The minimum Gasteiger partial charge on any atom is -0.478 e. The van der Waals surface area contributed by atoms with Gasteiger partial charge in [0.25, 0.3) is 0 Å². The molecule has 0 heterocycles. The van der Waals surface area contributed by atoms with Crippen molar-refractivity contribution < 1.29 is 31.5 Å². The van der Waals surface area contributed by atoms with Gasteiger partial charge in [0.1, 0.15) is 0 Å². The number of hydrogen-bond donors (Lipinski definition) is 1.